The summed E-state index contributed by atoms with van der Waals surface area (Å²) in [6.07, 6.45) is 6.04. The molecule has 1 amide bonds. The summed E-state index contributed by atoms with van der Waals surface area (Å²) in [4.78, 5) is 32.2. The van der Waals surface area contributed by atoms with Gasteiger partial charge in [-0.2, -0.15) is 4.98 Å². The number of hydrogen-bond donors (Lipinski definition) is 2. The second-order valence-corrected chi connectivity index (χ2v) is 7.65. The van der Waals surface area contributed by atoms with Crippen molar-refractivity contribution in [1.82, 2.24) is 29.9 Å². The highest BCUT2D eigenvalue weighted by molar-refractivity contribution is 5.92. The lowest BCUT2D eigenvalue weighted by Crippen LogP contribution is -2.37. The Hall–Kier alpha value is -2.79. The predicted molar refractivity (Wildman–Crippen MR) is 103 cm³/mol. The number of ether oxygens (including phenoxy) is 1. The zero-order valence-corrected chi connectivity index (χ0v) is 16.7. The van der Waals surface area contributed by atoms with Crippen molar-refractivity contribution < 1.29 is 24.0 Å². The molecule has 11 nitrogen and oxygen atoms in total. The molecule has 162 valence electrons. The lowest BCUT2D eigenvalue weighted by molar-refractivity contribution is -0.122. The van der Waals surface area contributed by atoms with Crippen LogP contribution in [0.5, 0.6) is 0 Å². The van der Waals surface area contributed by atoms with Crippen molar-refractivity contribution in [2.75, 3.05) is 26.3 Å². The van der Waals surface area contributed by atoms with Crippen LogP contribution in [0.15, 0.2) is 10.7 Å². The molecule has 1 saturated carbocycles. The number of imidazole rings is 1. The Morgan fingerprint density at radius 1 is 1.27 bits per heavy atom. The first-order valence-electron chi connectivity index (χ1n) is 10.2. The van der Waals surface area contributed by atoms with Crippen LogP contribution in [0.25, 0.3) is 0 Å². The number of aromatic nitrogens is 4. The van der Waals surface area contributed by atoms with Gasteiger partial charge in [-0.25, -0.2) is 4.98 Å². The molecule has 0 spiro atoms. The molecule has 2 aromatic heterocycles. The molecule has 4 heterocycles. The quantitative estimate of drug-likeness (QED) is 0.662. The second kappa shape index (κ2) is 9.35. The molecular formula is C19H26N6O5. The van der Waals surface area contributed by atoms with Gasteiger partial charge in [0.05, 0.1) is 13.2 Å². The Bertz CT molecular complexity index is 845. The fraction of sp³-hybridized carbons (Fsp3) is 0.632. The topological polar surface area (TPSA) is 136 Å². The predicted octanol–water partition coefficient (Wildman–Crippen LogP) is 0.421. The maximum absolute atomic E-state index is 12.4. The molecular weight excluding hydrogens is 392 g/mol. The van der Waals surface area contributed by atoms with Crippen molar-refractivity contribution in [3.05, 3.63) is 29.4 Å². The van der Waals surface area contributed by atoms with Gasteiger partial charge < -0.3 is 24.3 Å². The molecule has 1 saturated heterocycles. The maximum atomic E-state index is 12.4. The maximum Gasteiger partial charge on any atom is 0.290 e. The number of fused-ring (bicyclic) bond motifs is 1. The highest BCUT2D eigenvalue weighted by Gasteiger charge is 2.29. The van der Waals surface area contributed by atoms with Gasteiger partial charge in [0, 0.05) is 50.8 Å². The Morgan fingerprint density at radius 2 is 2.10 bits per heavy atom. The van der Waals surface area contributed by atoms with Crippen LogP contribution in [0.1, 0.15) is 53.2 Å². The first kappa shape index (κ1) is 20.5. The van der Waals surface area contributed by atoms with Gasteiger partial charge in [0.2, 0.25) is 5.89 Å². The third kappa shape index (κ3) is 4.85. The van der Waals surface area contributed by atoms with E-state index in [1.54, 1.807) is 0 Å². The van der Waals surface area contributed by atoms with Gasteiger partial charge in [0.1, 0.15) is 11.5 Å². The fourth-order valence-corrected chi connectivity index (χ4v) is 3.82. The van der Waals surface area contributed by atoms with Crippen LogP contribution in [0, 0.1) is 0 Å². The summed E-state index contributed by atoms with van der Waals surface area (Å²) in [7, 11) is 0. The molecule has 0 aromatic carbocycles. The summed E-state index contributed by atoms with van der Waals surface area (Å²) in [5.41, 5.74) is 0.449. The number of amides is 1. The van der Waals surface area contributed by atoms with Crippen molar-refractivity contribution in [2.24, 2.45) is 0 Å². The molecule has 11 heteroatoms. The van der Waals surface area contributed by atoms with Crippen LogP contribution >= 0.6 is 0 Å². The normalized spacial score (nSPS) is 21.3. The monoisotopic (exact) mass is 418 g/mol. The SMILES string of the molecule is O=C(NCc1nc(C2CC2)no1)c1cn2c(n1)CCN(C1CCOC1)CC2.O=CO. The molecule has 1 atom stereocenters. The van der Waals surface area contributed by atoms with Crippen LogP contribution < -0.4 is 5.32 Å². The zero-order chi connectivity index (χ0) is 20.9. The van der Waals surface area contributed by atoms with E-state index in [2.05, 4.69) is 29.9 Å². The molecule has 2 fully saturated rings. The molecule has 2 aliphatic heterocycles. The van der Waals surface area contributed by atoms with E-state index in [0.29, 0.717) is 23.5 Å². The van der Waals surface area contributed by atoms with E-state index < -0.39 is 0 Å². The molecule has 30 heavy (non-hydrogen) atoms. The Balaban J connectivity index is 0.000000687. The van der Waals surface area contributed by atoms with Crippen molar-refractivity contribution in [2.45, 2.75) is 50.7 Å². The minimum absolute atomic E-state index is 0.206. The van der Waals surface area contributed by atoms with Crippen LogP contribution in [0.3, 0.4) is 0 Å². The van der Waals surface area contributed by atoms with Gasteiger partial charge in [-0.1, -0.05) is 5.16 Å². The molecule has 2 aromatic rings. The lowest BCUT2D eigenvalue weighted by atomic mass is 10.2. The number of carboxylic acid groups (broad SMARTS) is 1. The third-order valence-electron chi connectivity index (χ3n) is 5.59. The number of rotatable bonds is 5. The Kier molecular flexibility index (Phi) is 6.38. The summed E-state index contributed by atoms with van der Waals surface area (Å²) in [6.45, 7) is 4.44. The first-order chi connectivity index (χ1) is 14.7. The third-order valence-corrected chi connectivity index (χ3v) is 5.59. The smallest absolute Gasteiger partial charge is 0.290 e. The van der Waals surface area contributed by atoms with Crippen LogP contribution in [0.4, 0.5) is 0 Å². The van der Waals surface area contributed by atoms with E-state index in [1.165, 1.54) is 0 Å². The van der Waals surface area contributed by atoms with Crippen LogP contribution in [-0.4, -0.2) is 74.4 Å². The number of nitrogens with zero attached hydrogens (tertiary/aromatic N) is 5. The van der Waals surface area contributed by atoms with E-state index >= 15 is 0 Å². The summed E-state index contributed by atoms with van der Waals surface area (Å²) in [6, 6.07) is 0.521. The van der Waals surface area contributed by atoms with Gasteiger partial charge in [0.25, 0.3) is 12.4 Å². The first-order valence-corrected chi connectivity index (χ1v) is 10.2. The average Bonchev–Trinajstić information content (AvgIpc) is 3.16. The summed E-state index contributed by atoms with van der Waals surface area (Å²) >= 11 is 0. The summed E-state index contributed by atoms with van der Waals surface area (Å²) < 4.78 is 12.8. The minimum Gasteiger partial charge on any atom is -0.483 e. The Morgan fingerprint density at radius 3 is 2.83 bits per heavy atom. The van der Waals surface area contributed by atoms with Crippen molar-refractivity contribution in [3.63, 3.8) is 0 Å². The molecule has 0 bridgehead atoms. The fourth-order valence-electron chi connectivity index (χ4n) is 3.82. The second-order valence-electron chi connectivity index (χ2n) is 7.65. The van der Waals surface area contributed by atoms with Crippen molar-refractivity contribution in [1.29, 1.82) is 0 Å². The molecule has 1 aliphatic carbocycles. The van der Waals surface area contributed by atoms with E-state index in [9.17, 15) is 4.79 Å². The van der Waals surface area contributed by atoms with Gasteiger partial charge in [-0.05, 0) is 19.3 Å². The molecule has 2 N–H and O–H groups in total. The number of nitrogens with one attached hydrogen (secondary N) is 1. The van der Waals surface area contributed by atoms with Gasteiger partial charge in [-0.3, -0.25) is 14.5 Å². The highest BCUT2D eigenvalue weighted by Crippen LogP contribution is 2.38. The minimum atomic E-state index is -0.250. The Labute approximate surface area is 173 Å². The standard InChI is InChI=1S/C18H24N6O3.CH2O2/c25-18(19-9-16-21-17(22-27-16)12-1-2-12)14-10-24-7-6-23(5-3-15(24)20-14)13-4-8-26-11-13;2-1-3/h10,12-13H,1-9,11H2,(H,19,25);1H,(H,2,3). The van der Waals surface area contributed by atoms with Crippen molar-refractivity contribution >= 4 is 12.4 Å². The average molecular weight is 418 g/mol. The van der Waals surface area contributed by atoms with E-state index in [4.69, 9.17) is 19.2 Å². The molecule has 3 aliphatic rings. The summed E-state index contributed by atoms with van der Waals surface area (Å²) in [5.74, 6) is 2.40. The highest BCUT2D eigenvalue weighted by atomic mass is 16.5. The van der Waals surface area contributed by atoms with E-state index in [0.717, 1.165) is 70.2 Å². The summed E-state index contributed by atoms with van der Waals surface area (Å²) in [5, 5.41) is 13.7. The van der Waals surface area contributed by atoms with Crippen LogP contribution in [0.2, 0.25) is 0 Å². The number of hydrogen-bond acceptors (Lipinski definition) is 8. The number of carbonyl (C=O) groups excluding carboxylic acids is 1. The largest absolute Gasteiger partial charge is 0.483 e. The van der Waals surface area contributed by atoms with Crippen molar-refractivity contribution in [3.8, 4) is 0 Å². The van der Waals surface area contributed by atoms with Crippen LogP contribution in [-0.2, 0) is 29.0 Å². The molecule has 5 rings (SSSR count). The number of carbonyl (C=O) groups is 2. The molecule has 0 radical (unpaired) electrons. The van der Waals surface area contributed by atoms with Gasteiger partial charge in [-0.15, -0.1) is 0 Å². The van der Waals surface area contributed by atoms with Gasteiger partial charge in [0.15, 0.2) is 5.82 Å². The van der Waals surface area contributed by atoms with E-state index in [1.807, 2.05) is 6.20 Å². The zero-order valence-electron chi connectivity index (χ0n) is 16.7. The lowest BCUT2D eigenvalue weighted by Gasteiger charge is -2.25. The van der Waals surface area contributed by atoms with Gasteiger partial charge >= 0.3 is 0 Å². The van der Waals surface area contributed by atoms with E-state index in [-0.39, 0.29) is 18.9 Å². The molecule has 1 unspecified atom stereocenters.